The molecule has 0 aliphatic rings. The normalized spacial score (nSPS) is 10.4. The van der Waals surface area contributed by atoms with Crippen molar-refractivity contribution in [3.05, 3.63) is 0 Å². The highest BCUT2D eigenvalue weighted by Gasteiger charge is 1.96. The summed E-state index contributed by atoms with van der Waals surface area (Å²) < 4.78 is 0. The van der Waals surface area contributed by atoms with Gasteiger partial charge in [0.15, 0.2) is 0 Å². The van der Waals surface area contributed by atoms with Crippen LogP contribution in [0.5, 0.6) is 0 Å². The van der Waals surface area contributed by atoms with Crippen LogP contribution < -0.4 is 5.32 Å². The minimum Gasteiger partial charge on any atom is -0.320 e. The highest BCUT2D eigenvalue weighted by molar-refractivity contribution is 5.81. The van der Waals surface area contributed by atoms with E-state index in [1.165, 1.54) is 32.1 Å². The van der Waals surface area contributed by atoms with Crippen molar-refractivity contribution in [2.75, 3.05) is 13.6 Å². The zero-order chi connectivity index (χ0) is 10.6. The van der Waals surface area contributed by atoms with Gasteiger partial charge in [-0.15, -0.1) is 0 Å². The first-order valence-corrected chi connectivity index (χ1v) is 6.02. The van der Waals surface area contributed by atoms with Crippen molar-refractivity contribution in [1.29, 1.82) is 5.41 Å². The van der Waals surface area contributed by atoms with E-state index in [0.717, 1.165) is 31.5 Å². The van der Waals surface area contributed by atoms with E-state index in [1.807, 2.05) is 7.05 Å². The van der Waals surface area contributed by atoms with E-state index in [1.54, 1.807) is 0 Å². The molecule has 0 amide bonds. The van der Waals surface area contributed by atoms with E-state index in [-0.39, 0.29) is 0 Å². The second-order valence-corrected chi connectivity index (χ2v) is 3.97. The highest BCUT2D eigenvalue weighted by atomic mass is 14.8. The molecule has 0 saturated heterocycles. The minimum atomic E-state index is 0.941. The molecular weight excluding hydrogens is 172 g/mol. The third-order valence-corrected chi connectivity index (χ3v) is 2.49. The summed E-state index contributed by atoms with van der Waals surface area (Å²) in [6.45, 7) is 3.28. The maximum Gasteiger partial charge on any atom is 0.00896 e. The number of hydrogen-bond donors (Lipinski definition) is 2. The van der Waals surface area contributed by atoms with Crippen LogP contribution in [-0.2, 0) is 0 Å². The topological polar surface area (TPSA) is 35.9 Å². The molecule has 0 spiro atoms. The zero-order valence-corrected chi connectivity index (χ0v) is 9.86. The molecule has 0 unspecified atom stereocenters. The van der Waals surface area contributed by atoms with Crippen LogP contribution in [0, 0.1) is 5.41 Å². The molecule has 0 aromatic rings. The van der Waals surface area contributed by atoms with Gasteiger partial charge in [0, 0.05) is 5.71 Å². The predicted octanol–water partition coefficient (Wildman–Crippen LogP) is 3.37. The van der Waals surface area contributed by atoms with E-state index >= 15 is 0 Å². The van der Waals surface area contributed by atoms with Gasteiger partial charge in [0.2, 0.25) is 0 Å². The molecule has 0 fully saturated rings. The molecule has 2 heteroatoms. The smallest absolute Gasteiger partial charge is 0.00896 e. The summed E-state index contributed by atoms with van der Waals surface area (Å²) in [5, 5.41) is 10.8. The summed E-state index contributed by atoms with van der Waals surface area (Å²) in [6, 6.07) is 0. The Morgan fingerprint density at radius 2 is 1.64 bits per heavy atom. The van der Waals surface area contributed by atoms with Crippen LogP contribution in [0.1, 0.15) is 58.3 Å². The van der Waals surface area contributed by atoms with Crippen molar-refractivity contribution in [1.82, 2.24) is 5.32 Å². The fraction of sp³-hybridized carbons (Fsp3) is 0.917. The minimum absolute atomic E-state index is 0.941. The van der Waals surface area contributed by atoms with Gasteiger partial charge in [-0.05, 0) is 39.3 Å². The molecule has 0 aliphatic carbocycles. The van der Waals surface area contributed by atoms with Gasteiger partial charge < -0.3 is 10.7 Å². The molecule has 2 nitrogen and oxygen atoms in total. The summed E-state index contributed by atoms with van der Waals surface area (Å²) in [5.74, 6) is 0. The van der Waals surface area contributed by atoms with Crippen molar-refractivity contribution in [3.8, 4) is 0 Å². The van der Waals surface area contributed by atoms with Crippen molar-refractivity contribution >= 4 is 5.71 Å². The molecule has 84 valence electrons. The molecule has 0 saturated carbocycles. The summed E-state index contributed by atoms with van der Waals surface area (Å²) in [4.78, 5) is 0. The molecule has 14 heavy (non-hydrogen) atoms. The maximum atomic E-state index is 7.72. The third-order valence-electron chi connectivity index (χ3n) is 2.49. The molecule has 0 aromatic carbocycles. The van der Waals surface area contributed by atoms with Gasteiger partial charge in [0.05, 0.1) is 0 Å². The largest absolute Gasteiger partial charge is 0.320 e. The SMILES string of the molecule is CCCCCCCC(=N)CCCNC. The monoisotopic (exact) mass is 198 g/mol. The fourth-order valence-corrected chi connectivity index (χ4v) is 1.55. The third kappa shape index (κ3) is 9.72. The molecule has 0 radical (unpaired) electrons. The number of hydrogen-bond acceptors (Lipinski definition) is 2. The average molecular weight is 198 g/mol. The van der Waals surface area contributed by atoms with E-state index in [2.05, 4.69) is 12.2 Å². The fourth-order valence-electron chi connectivity index (χ4n) is 1.55. The lowest BCUT2D eigenvalue weighted by atomic mass is 10.1. The quantitative estimate of drug-likeness (QED) is 0.410. The van der Waals surface area contributed by atoms with Gasteiger partial charge in [0.1, 0.15) is 0 Å². The summed E-state index contributed by atoms with van der Waals surface area (Å²) in [7, 11) is 1.97. The predicted molar refractivity (Wildman–Crippen MR) is 64.3 cm³/mol. The molecule has 0 aromatic heterocycles. The van der Waals surface area contributed by atoms with E-state index in [0.29, 0.717) is 0 Å². The summed E-state index contributed by atoms with van der Waals surface area (Å²) in [6.07, 6.45) is 9.65. The molecule has 0 atom stereocenters. The Morgan fingerprint density at radius 3 is 2.29 bits per heavy atom. The Hall–Kier alpha value is -0.370. The molecule has 0 rings (SSSR count). The van der Waals surface area contributed by atoms with Gasteiger partial charge in [-0.25, -0.2) is 0 Å². The summed E-state index contributed by atoms with van der Waals surface area (Å²) >= 11 is 0. The van der Waals surface area contributed by atoms with E-state index < -0.39 is 0 Å². The Morgan fingerprint density at radius 1 is 1.00 bits per heavy atom. The first-order chi connectivity index (χ1) is 6.81. The lowest BCUT2D eigenvalue weighted by Gasteiger charge is -2.03. The first kappa shape index (κ1) is 13.6. The van der Waals surface area contributed by atoms with Crippen molar-refractivity contribution in [3.63, 3.8) is 0 Å². The van der Waals surface area contributed by atoms with Crippen LogP contribution in [-0.4, -0.2) is 19.3 Å². The number of nitrogens with one attached hydrogen (secondary N) is 2. The average Bonchev–Trinajstić information content (AvgIpc) is 2.18. The molecular formula is C12H26N2. The van der Waals surface area contributed by atoms with Crippen LogP contribution in [0.2, 0.25) is 0 Å². The second kappa shape index (κ2) is 10.7. The van der Waals surface area contributed by atoms with Crippen molar-refractivity contribution in [2.45, 2.75) is 58.3 Å². The Bertz CT molecular complexity index is 132. The molecule has 0 bridgehead atoms. The lowest BCUT2D eigenvalue weighted by molar-refractivity contribution is 0.638. The Labute approximate surface area is 89.0 Å². The van der Waals surface area contributed by atoms with Gasteiger partial charge in [0.25, 0.3) is 0 Å². The van der Waals surface area contributed by atoms with Crippen LogP contribution >= 0.6 is 0 Å². The van der Waals surface area contributed by atoms with Crippen LogP contribution in [0.3, 0.4) is 0 Å². The summed E-state index contributed by atoms with van der Waals surface area (Å²) in [5.41, 5.74) is 0.941. The second-order valence-electron chi connectivity index (χ2n) is 3.97. The first-order valence-electron chi connectivity index (χ1n) is 6.02. The van der Waals surface area contributed by atoms with E-state index in [9.17, 15) is 0 Å². The van der Waals surface area contributed by atoms with Gasteiger partial charge >= 0.3 is 0 Å². The maximum absolute atomic E-state index is 7.72. The van der Waals surface area contributed by atoms with Crippen LogP contribution in [0.15, 0.2) is 0 Å². The van der Waals surface area contributed by atoms with Crippen molar-refractivity contribution in [2.24, 2.45) is 0 Å². The lowest BCUT2D eigenvalue weighted by Crippen LogP contribution is -2.09. The van der Waals surface area contributed by atoms with Crippen LogP contribution in [0.25, 0.3) is 0 Å². The van der Waals surface area contributed by atoms with Gasteiger partial charge in [-0.1, -0.05) is 32.6 Å². The Balaban J connectivity index is 3.10. The number of unbranched alkanes of at least 4 members (excludes halogenated alkanes) is 4. The van der Waals surface area contributed by atoms with Crippen LogP contribution in [0.4, 0.5) is 0 Å². The van der Waals surface area contributed by atoms with Gasteiger partial charge in [-0.2, -0.15) is 0 Å². The zero-order valence-electron chi connectivity index (χ0n) is 9.86. The van der Waals surface area contributed by atoms with E-state index in [4.69, 9.17) is 5.41 Å². The number of rotatable bonds is 10. The molecule has 2 N–H and O–H groups in total. The van der Waals surface area contributed by atoms with Gasteiger partial charge in [-0.3, -0.25) is 0 Å². The van der Waals surface area contributed by atoms with Crippen molar-refractivity contribution < 1.29 is 0 Å². The highest BCUT2D eigenvalue weighted by Crippen LogP contribution is 2.07. The molecule has 0 aliphatic heterocycles. The Kier molecular flexibility index (Phi) is 10.4. The standard InChI is InChI=1S/C12H26N2/c1-3-4-5-6-7-9-12(13)10-8-11-14-2/h13-14H,3-11H2,1-2H3. The molecule has 0 heterocycles.